The van der Waals surface area contributed by atoms with Crippen molar-refractivity contribution in [3.63, 3.8) is 0 Å². The smallest absolute Gasteiger partial charge is 0.268 e. The Balaban J connectivity index is 2.60. The molecule has 0 bridgehead atoms. The molecule has 12 heavy (non-hydrogen) atoms. The second-order valence-electron chi connectivity index (χ2n) is 3.53. The lowest BCUT2D eigenvalue weighted by Gasteiger charge is -2.16. The Hall–Kier alpha value is -0.505. The minimum absolute atomic E-state index is 0.552. The lowest BCUT2D eigenvalue weighted by molar-refractivity contribution is 0.455. The molecular formula is C8H12BNOS. The van der Waals surface area contributed by atoms with E-state index < -0.39 is 0 Å². The highest BCUT2D eigenvalue weighted by Crippen LogP contribution is 2.29. The van der Waals surface area contributed by atoms with Crippen molar-refractivity contribution in [3.05, 3.63) is 16.3 Å². The average Bonchev–Trinajstić information content (AvgIpc) is 2.32. The van der Waals surface area contributed by atoms with Gasteiger partial charge in [0.2, 0.25) is 0 Å². The van der Waals surface area contributed by atoms with Crippen molar-refractivity contribution in [3.8, 4) is 0 Å². The van der Waals surface area contributed by atoms with Crippen LogP contribution in [0.3, 0.4) is 0 Å². The maximum atomic E-state index is 5.53. The second-order valence-corrected chi connectivity index (χ2v) is 3.88. The molecule has 0 fully saturated rings. The lowest BCUT2D eigenvalue weighted by atomic mass is 9.76. The van der Waals surface area contributed by atoms with Crippen LogP contribution in [0.25, 0.3) is 0 Å². The van der Waals surface area contributed by atoms with Gasteiger partial charge in [0.15, 0.2) is 0 Å². The zero-order valence-corrected chi connectivity index (χ0v) is 8.28. The predicted molar refractivity (Wildman–Crippen MR) is 52.7 cm³/mol. The molecule has 2 rings (SSSR count). The van der Waals surface area contributed by atoms with Crippen LogP contribution in [0.4, 0.5) is 0 Å². The van der Waals surface area contributed by atoms with E-state index in [0.717, 1.165) is 12.2 Å². The van der Waals surface area contributed by atoms with Crippen molar-refractivity contribution >= 4 is 20.1 Å². The first-order chi connectivity index (χ1) is 5.70. The molecule has 2 nitrogen and oxygen atoms in total. The van der Waals surface area contributed by atoms with E-state index in [1.54, 1.807) is 0 Å². The first kappa shape index (κ1) is 8.11. The van der Waals surface area contributed by atoms with Crippen LogP contribution in [0, 0.1) is 4.84 Å². The van der Waals surface area contributed by atoms with Gasteiger partial charge >= 0.3 is 0 Å². The molecule has 0 saturated carbocycles. The molecule has 1 aliphatic carbocycles. The Kier molecular flexibility index (Phi) is 1.87. The molecule has 0 saturated heterocycles. The van der Waals surface area contributed by atoms with Gasteiger partial charge in [-0.15, -0.1) is 0 Å². The predicted octanol–water partition coefficient (Wildman–Crippen LogP) is 1.36. The summed E-state index contributed by atoms with van der Waals surface area (Å²) < 4.78 is 7.53. The van der Waals surface area contributed by atoms with Crippen LogP contribution >= 0.6 is 12.2 Å². The van der Waals surface area contributed by atoms with Crippen LogP contribution in [0.1, 0.15) is 30.1 Å². The third-order valence-electron chi connectivity index (χ3n) is 2.66. The molecule has 1 aliphatic rings. The summed E-state index contributed by atoms with van der Waals surface area (Å²) in [5.74, 6) is 1.67. The Labute approximate surface area is 78.0 Å². The van der Waals surface area contributed by atoms with Crippen LogP contribution < -0.4 is 0 Å². The quantitative estimate of drug-likeness (QED) is 0.444. The molecule has 1 aromatic rings. The summed E-state index contributed by atoms with van der Waals surface area (Å²) in [6.45, 7) is 0. The van der Waals surface area contributed by atoms with Crippen LogP contribution in [-0.4, -0.2) is 12.4 Å². The van der Waals surface area contributed by atoms with Crippen molar-refractivity contribution in [2.75, 3.05) is 0 Å². The Morgan fingerprint density at radius 3 is 3.08 bits per heavy atom. The van der Waals surface area contributed by atoms with E-state index in [1.807, 2.05) is 11.6 Å². The van der Waals surface area contributed by atoms with Gasteiger partial charge in [-0.2, -0.15) is 0 Å². The molecule has 1 atom stereocenters. The summed E-state index contributed by atoms with van der Waals surface area (Å²) in [5.41, 5.74) is 1.30. The van der Waals surface area contributed by atoms with Crippen LogP contribution in [0.2, 0.25) is 0 Å². The number of rotatable bonds is 0. The zero-order valence-electron chi connectivity index (χ0n) is 7.46. The monoisotopic (exact) mass is 181 g/mol. The van der Waals surface area contributed by atoms with Crippen LogP contribution in [-0.2, 0) is 13.5 Å². The standard InChI is InChI=1S/C8H12BNOS/c1-10-6-4-2-3-5(9)7(6)11-8(10)12/h5H,2-4,9H2,1H3. The molecule has 1 unspecified atom stereocenters. The molecule has 0 radical (unpaired) electrons. The van der Waals surface area contributed by atoms with Crippen molar-refractivity contribution < 1.29 is 4.42 Å². The van der Waals surface area contributed by atoms with Gasteiger partial charge < -0.3 is 8.98 Å². The van der Waals surface area contributed by atoms with E-state index in [-0.39, 0.29) is 0 Å². The van der Waals surface area contributed by atoms with Crippen molar-refractivity contribution in [2.45, 2.75) is 25.1 Å². The van der Waals surface area contributed by atoms with Crippen molar-refractivity contribution in [1.29, 1.82) is 0 Å². The highest BCUT2D eigenvalue weighted by Gasteiger charge is 2.22. The third-order valence-corrected chi connectivity index (χ3v) is 3.02. The molecule has 1 heterocycles. The number of hydrogen-bond donors (Lipinski definition) is 0. The summed E-state index contributed by atoms with van der Waals surface area (Å²) in [5, 5.41) is 0. The highest BCUT2D eigenvalue weighted by molar-refractivity contribution is 7.71. The van der Waals surface area contributed by atoms with Gasteiger partial charge in [-0.05, 0) is 30.9 Å². The van der Waals surface area contributed by atoms with E-state index in [2.05, 4.69) is 7.85 Å². The van der Waals surface area contributed by atoms with Gasteiger partial charge in [-0.25, -0.2) is 0 Å². The van der Waals surface area contributed by atoms with E-state index in [0.29, 0.717) is 10.7 Å². The first-order valence-electron chi connectivity index (χ1n) is 4.38. The molecule has 0 amide bonds. The molecule has 0 aliphatic heterocycles. The summed E-state index contributed by atoms with van der Waals surface area (Å²) >= 11 is 5.07. The fourth-order valence-corrected chi connectivity index (χ4v) is 2.08. The maximum absolute atomic E-state index is 5.53. The molecule has 0 aromatic carbocycles. The SMILES string of the molecule is BC1CCCc2c1oc(=S)n2C. The third kappa shape index (κ3) is 1.05. The minimum Gasteiger partial charge on any atom is -0.435 e. The van der Waals surface area contributed by atoms with E-state index in [4.69, 9.17) is 16.6 Å². The van der Waals surface area contributed by atoms with Gasteiger partial charge in [0, 0.05) is 7.05 Å². The largest absolute Gasteiger partial charge is 0.435 e. The molecular weight excluding hydrogens is 169 g/mol. The molecule has 4 heteroatoms. The van der Waals surface area contributed by atoms with E-state index >= 15 is 0 Å². The Morgan fingerprint density at radius 1 is 1.67 bits per heavy atom. The van der Waals surface area contributed by atoms with Gasteiger partial charge in [-0.1, -0.05) is 6.42 Å². The van der Waals surface area contributed by atoms with Crippen LogP contribution in [0.5, 0.6) is 0 Å². The lowest BCUT2D eigenvalue weighted by Crippen LogP contribution is -2.10. The second kappa shape index (κ2) is 2.77. The summed E-state index contributed by atoms with van der Waals surface area (Å²) in [7, 11) is 4.19. The van der Waals surface area contributed by atoms with Crippen LogP contribution in [0.15, 0.2) is 4.42 Å². The fraction of sp³-hybridized carbons (Fsp3) is 0.625. The zero-order chi connectivity index (χ0) is 8.72. The molecule has 64 valence electrons. The minimum atomic E-state index is 0.552. The topological polar surface area (TPSA) is 18.1 Å². The summed E-state index contributed by atoms with van der Waals surface area (Å²) in [6, 6.07) is 0. The molecule has 0 spiro atoms. The Bertz CT molecular complexity index is 354. The summed E-state index contributed by atoms with van der Waals surface area (Å²) in [6.07, 6.45) is 3.61. The van der Waals surface area contributed by atoms with E-state index in [9.17, 15) is 0 Å². The summed E-state index contributed by atoms with van der Waals surface area (Å²) in [4.78, 5) is 0.619. The number of nitrogens with zero attached hydrogens (tertiary/aromatic N) is 1. The fourth-order valence-electron chi connectivity index (χ4n) is 1.88. The van der Waals surface area contributed by atoms with E-state index in [1.165, 1.54) is 18.5 Å². The maximum Gasteiger partial charge on any atom is 0.268 e. The molecule has 1 aromatic heterocycles. The number of aromatic nitrogens is 1. The van der Waals surface area contributed by atoms with Crippen molar-refractivity contribution in [1.82, 2.24) is 4.57 Å². The number of fused-ring (bicyclic) bond motifs is 1. The van der Waals surface area contributed by atoms with Gasteiger partial charge in [0.1, 0.15) is 13.6 Å². The average molecular weight is 181 g/mol. The van der Waals surface area contributed by atoms with Gasteiger partial charge in [0.25, 0.3) is 4.84 Å². The van der Waals surface area contributed by atoms with Crippen molar-refractivity contribution in [2.24, 2.45) is 7.05 Å². The van der Waals surface area contributed by atoms with Gasteiger partial charge in [-0.3, -0.25) is 0 Å². The number of hydrogen-bond acceptors (Lipinski definition) is 2. The highest BCUT2D eigenvalue weighted by atomic mass is 32.1. The normalized spacial score (nSPS) is 22.2. The Morgan fingerprint density at radius 2 is 2.42 bits per heavy atom. The first-order valence-corrected chi connectivity index (χ1v) is 4.79. The molecule has 0 N–H and O–H groups in total. The van der Waals surface area contributed by atoms with Gasteiger partial charge in [0.05, 0.1) is 5.69 Å². The number of oxazole rings is 1.